The third-order valence-corrected chi connectivity index (χ3v) is 4.25. The summed E-state index contributed by atoms with van der Waals surface area (Å²) in [5, 5.41) is 2.14. The zero-order valence-corrected chi connectivity index (χ0v) is 11.3. The van der Waals surface area contributed by atoms with Crippen LogP contribution in [0.5, 0.6) is 0 Å². The van der Waals surface area contributed by atoms with E-state index in [1.54, 1.807) is 0 Å². The monoisotopic (exact) mass is 253 g/mol. The summed E-state index contributed by atoms with van der Waals surface area (Å²) in [6, 6.07) is 2.09. The number of ether oxygens (including phenoxy) is 1. The van der Waals surface area contributed by atoms with Gasteiger partial charge in [-0.15, -0.1) is 11.3 Å². The van der Waals surface area contributed by atoms with Crippen molar-refractivity contribution >= 4 is 17.3 Å². The molecule has 0 bridgehead atoms. The van der Waals surface area contributed by atoms with Crippen LogP contribution in [0, 0.1) is 0 Å². The summed E-state index contributed by atoms with van der Waals surface area (Å²) in [6.07, 6.45) is 1.88. The largest absolute Gasteiger partial charge is 0.465 e. The van der Waals surface area contributed by atoms with Crippen molar-refractivity contribution in [3.05, 3.63) is 21.9 Å². The average Bonchev–Trinajstić information content (AvgIpc) is 2.77. The number of hydrogen-bond donors (Lipinski definition) is 0. The zero-order valence-electron chi connectivity index (χ0n) is 10.4. The van der Waals surface area contributed by atoms with Crippen molar-refractivity contribution in [3.63, 3.8) is 0 Å². The van der Waals surface area contributed by atoms with Gasteiger partial charge in [0, 0.05) is 18.0 Å². The van der Waals surface area contributed by atoms with Crippen LogP contribution in [0.3, 0.4) is 0 Å². The molecule has 2 heterocycles. The quantitative estimate of drug-likeness (QED) is 0.772. The van der Waals surface area contributed by atoms with Gasteiger partial charge < -0.3 is 4.74 Å². The van der Waals surface area contributed by atoms with Crippen LogP contribution in [0.1, 0.15) is 30.7 Å². The second-order valence-corrected chi connectivity index (χ2v) is 5.27. The van der Waals surface area contributed by atoms with Crippen molar-refractivity contribution in [2.75, 3.05) is 13.2 Å². The summed E-state index contributed by atoms with van der Waals surface area (Å²) in [4.78, 5) is 15.6. The van der Waals surface area contributed by atoms with Gasteiger partial charge >= 0.3 is 5.97 Å². The number of thiophene rings is 1. The minimum Gasteiger partial charge on any atom is -0.465 e. The Balaban J connectivity index is 2.05. The van der Waals surface area contributed by atoms with Gasteiger partial charge in [-0.05, 0) is 36.8 Å². The van der Waals surface area contributed by atoms with Crippen molar-refractivity contribution in [2.24, 2.45) is 0 Å². The molecule has 1 unspecified atom stereocenters. The highest BCUT2D eigenvalue weighted by molar-refractivity contribution is 7.10. The molecule has 94 valence electrons. The zero-order chi connectivity index (χ0) is 12.3. The minimum absolute atomic E-state index is 0.0753. The van der Waals surface area contributed by atoms with Crippen LogP contribution in [0.25, 0.3) is 0 Å². The molecule has 1 aromatic heterocycles. The maximum atomic E-state index is 11.9. The molecule has 0 N–H and O–H groups in total. The fraction of sp³-hybridized carbons (Fsp3) is 0.615. The first-order valence-corrected chi connectivity index (χ1v) is 7.10. The fourth-order valence-electron chi connectivity index (χ4n) is 2.35. The summed E-state index contributed by atoms with van der Waals surface area (Å²) in [5.74, 6) is -0.0753. The summed E-state index contributed by atoms with van der Waals surface area (Å²) < 4.78 is 5.14. The first kappa shape index (κ1) is 12.6. The van der Waals surface area contributed by atoms with Gasteiger partial charge in [0.25, 0.3) is 0 Å². The van der Waals surface area contributed by atoms with Gasteiger partial charge in [0.2, 0.25) is 0 Å². The number of hydrogen-bond acceptors (Lipinski definition) is 4. The molecule has 0 spiro atoms. The Morgan fingerprint density at radius 3 is 3.12 bits per heavy atom. The van der Waals surface area contributed by atoms with Crippen molar-refractivity contribution in [1.29, 1.82) is 0 Å². The third kappa shape index (κ3) is 2.69. The molecular weight excluding hydrogens is 234 g/mol. The molecule has 0 radical (unpaired) electrons. The molecule has 1 aliphatic rings. The Kier molecular flexibility index (Phi) is 4.18. The predicted octanol–water partition coefficient (Wildman–Crippen LogP) is 2.45. The van der Waals surface area contributed by atoms with Crippen molar-refractivity contribution in [2.45, 2.75) is 39.3 Å². The highest BCUT2D eigenvalue weighted by Crippen LogP contribution is 2.26. The highest BCUT2D eigenvalue weighted by Gasteiger charge is 2.28. The van der Waals surface area contributed by atoms with E-state index in [-0.39, 0.29) is 12.0 Å². The van der Waals surface area contributed by atoms with E-state index in [1.807, 2.05) is 25.2 Å². The van der Waals surface area contributed by atoms with Crippen LogP contribution in [0.4, 0.5) is 0 Å². The normalized spacial score (nSPS) is 17.5. The second kappa shape index (κ2) is 5.65. The summed E-state index contributed by atoms with van der Waals surface area (Å²) >= 11 is 1.82. The van der Waals surface area contributed by atoms with Crippen molar-refractivity contribution in [1.82, 2.24) is 4.90 Å². The van der Waals surface area contributed by atoms with E-state index < -0.39 is 0 Å². The summed E-state index contributed by atoms with van der Waals surface area (Å²) in [6.45, 7) is 6.22. The number of rotatable bonds is 4. The Bertz CT molecular complexity index is 389. The van der Waals surface area contributed by atoms with E-state index in [0.717, 1.165) is 25.9 Å². The lowest BCUT2D eigenvalue weighted by atomic mass is 10.1. The maximum absolute atomic E-state index is 11.9. The second-order valence-electron chi connectivity index (χ2n) is 4.27. The number of carbonyl (C=O) groups is 1. The molecule has 0 saturated carbocycles. The van der Waals surface area contributed by atoms with Gasteiger partial charge in [-0.2, -0.15) is 0 Å². The van der Waals surface area contributed by atoms with Gasteiger partial charge in [0.1, 0.15) is 6.04 Å². The van der Waals surface area contributed by atoms with Crippen LogP contribution in [0.15, 0.2) is 11.4 Å². The number of nitrogens with zero attached hydrogens (tertiary/aromatic N) is 1. The van der Waals surface area contributed by atoms with E-state index in [9.17, 15) is 4.79 Å². The van der Waals surface area contributed by atoms with Crippen molar-refractivity contribution < 1.29 is 9.53 Å². The molecule has 0 amide bonds. The summed E-state index contributed by atoms with van der Waals surface area (Å²) in [5.41, 5.74) is 1.38. The Morgan fingerprint density at radius 1 is 1.59 bits per heavy atom. The van der Waals surface area contributed by atoms with Crippen LogP contribution >= 0.6 is 11.3 Å². The first-order chi connectivity index (χ1) is 8.26. The molecular formula is C13H19NO2S. The van der Waals surface area contributed by atoms with Crippen molar-refractivity contribution in [3.8, 4) is 0 Å². The lowest BCUT2D eigenvalue weighted by molar-refractivity contribution is -0.150. The van der Waals surface area contributed by atoms with Crippen LogP contribution < -0.4 is 0 Å². The van der Waals surface area contributed by atoms with E-state index in [0.29, 0.717) is 6.61 Å². The molecule has 0 fully saturated rings. The van der Waals surface area contributed by atoms with E-state index >= 15 is 0 Å². The molecule has 0 saturated heterocycles. The fourth-order valence-corrected chi connectivity index (χ4v) is 3.24. The number of fused-ring (bicyclic) bond motifs is 1. The van der Waals surface area contributed by atoms with Crippen LogP contribution in [-0.4, -0.2) is 30.1 Å². The molecule has 0 aliphatic carbocycles. The Morgan fingerprint density at radius 2 is 2.41 bits per heavy atom. The van der Waals surface area contributed by atoms with Crippen LogP contribution in [-0.2, 0) is 22.5 Å². The smallest absolute Gasteiger partial charge is 0.323 e. The molecule has 2 rings (SSSR count). The van der Waals surface area contributed by atoms with Gasteiger partial charge in [0.05, 0.1) is 6.61 Å². The van der Waals surface area contributed by atoms with E-state index in [4.69, 9.17) is 4.74 Å². The molecule has 1 aromatic rings. The third-order valence-electron chi connectivity index (χ3n) is 3.22. The predicted molar refractivity (Wildman–Crippen MR) is 69.1 cm³/mol. The highest BCUT2D eigenvalue weighted by atomic mass is 32.1. The van der Waals surface area contributed by atoms with Gasteiger partial charge in [0.15, 0.2) is 0 Å². The summed E-state index contributed by atoms with van der Waals surface area (Å²) in [7, 11) is 0. The Hall–Kier alpha value is -0.870. The topological polar surface area (TPSA) is 29.5 Å². The minimum atomic E-state index is -0.0806. The maximum Gasteiger partial charge on any atom is 0.323 e. The molecule has 4 heteroatoms. The standard InChI is InChI=1S/C13H19NO2S/c1-3-11(13(15)16-4-2)14-7-5-12-10(9-14)6-8-17-12/h6,8,11H,3-5,7,9H2,1-2H3. The average molecular weight is 253 g/mol. The SMILES string of the molecule is CCOC(=O)C(CC)N1CCc2sccc2C1. The lowest BCUT2D eigenvalue weighted by Crippen LogP contribution is -2.44. The van der Waals surface area contributed by atoms with Crippen LogP contribution in [0.2, 0.25) is 0 Å². The van der Waals surface area contributed by atoms with Gasteiger partial charge in [-0.3, -0.25) is 9.69 Å². The molecule has 1 atom stereocenters. The molecule has 3 nitrogen and oxygen atoms in total. The number of carbonyl (C=O) groups excluding carboxylic acids is 1. The van der Waals surface area contributed by atoms with Gasteiger partial charge in [-0.25, -0.2) is 0 Å². The first-order valence-electron chi connectivity index (χ1n) is 6.22. The molecule has 1 aliphatic heterocycles. The number of esters is 1. The van der Waals surface area contributed by atoms with Gasteiger partial charge in [-0.1, -0.05) is 6.92 Å². The molecule has 17 heavy (non-hydrogen) atoms. The van der Waals surface area contributed by atoms with E-state index in [2.05, 4.69) is 16.3 Å². The lowest BCUT2D eigenvalue weighted by Gasteiger charge is -2.32. The molecule has 0 aromatic carbocycles. The Labute approximate surface area is 106 Å². The van der Waals surface area contributed by atoms with E-state index in [1.165, 1.54) is 10.4 Å².